The van der Waals surface area contributed by atoms with Crippen LogP contribution in [0.4, 0.5) is 13.2 Å². The minimum atomic E-state index is -4.69. The van der Waals surface area contributed by atoms with Crippen LogP contribution in [0.5, 0.6) is 0 Å². The molecule has 1 aliphatic rings. The lowest BCUT2D eigenvalue weighted by Gasteiger charge is -2.31. The standard InChI is InChI=1S/C14H11F3N4O3/c1-23-19-10-6-21(7-10)12(22)9-4-2-8(3-5-9)11-18-13(24-20-11)14(15,16)17/h2-5H,6-7H2,1H3. The fraction of sp³-hybridized carbons (Fsp3) is 0.286. The molecule has 0 N–H and O–H groups in total. The van der Waals surface area contributed by atoms with Gasteiger partial charge in [0.2, 0.25) is 5.82 Å². The Bertz CT molecular complexity index is 775. The summed E-state index contributed by atoms with van der Waals surface area (Å²) in [5.41, 5.74) is 1.47. The second-order valence-electron chi connectivity index (χ2n) is 5.00. The summed E-state index contributed by atoms with van der Waals surface area (Å²) in [6.45, 7) is 0.766. The predicted molar refractivity (Wildman–Crippen MR) is 75.1 cm³/mol. The molecule has 2 aromatic rings. The molecule has 1 saturated heterocycles. The second kappa shape index (κ2) is 5.95. The number of oxime groups is 1. The Morgan fingerprint density at radius 1 is 1.29 bits per heavy atom. The van der Waals surface area contributed by atoms with E-state index in [4.69, 9.17) is 0 Å². The number of aromatic nitrogens is 2. The number of carbonyl (C=O) groups is 1. The van der Waals surface area contributed by atoms with Gasteiger partial charge in [-0.15, -0.1) is 0 Å². The molecule has 0 atom stereocenters. The molecule has 10 heteroatoms. The zero-order valence-electron chi connectivity index (χ0n) is 12.4. The maximum atomic E-state index is 12.4. The maximum absolute atomic E-state index is 12.4. The van der Waals surface area contributed by atoms with Gasteiger partial charge in [-0.25, -0.2) is 0 Å². The molecule has 0 unspecified atom stereocenters. The smallest absolute Gasteiger partial charge is 0.399 e. The zero-order valence-corrected chi connectivity index (χ0v) is 12.4. The molecule has 1 aromatic heterocycles. The summed E-state index contributed by atoms with van der Waals surface area (Å²) in [6, 6.07) is 5.91. The first kappa shape index (κ1) is 16.0. The van der Waals surface area contributed by atoms with E-state index in [0.717, 1.165) is 5.71 Å². The molecule has 1 aromatic carbocycles. The van der Waals surface area contributed by atoms with Gasteiger partial charge in [0.1, 0.15) is 7.11 Å². The number of amides is 1. The van der Waals surface area contributed by atoms with Crippen molar-refractivity contribution in [1.29, 1.82) is 0 Å². The first-order chi connectivity index (χ1) is 11.4. The predicted octanol–water partition coefficient (Wildman–Crippen LogP) is 2.21. The van der Waals surface area contributed by atoms with E-state index in [-0.39, 0.29) is 11.7 Å². The maximum Gasteiger partial charge on any atom is 0.471 e. The van der Waals surface area contributed by atoms with Crippen LogP contribution in [0.25, 0.3) is 11.4 Å². The van der Waals surface area contributed by atoms with Crippen LogP contribution in [0.2, 0.25) is 0 Å². The Morgan fingerprint density at radius 2 is 1.96 bits per heavy atom. The van der Waals surface area contributed by atoms with Crippen molar-refractivity contribution in [2.45, 2.75) is 6.18 Å². The van der Waals surface area contributed by atoms with E-state index in [1.165, 1.54) is 31.4 Å². The molecule has 0 saturated carbocycles. The minimum Gasteiger partial charge on any atom is -0.399 e. The van der Waals surface area contributed by atoms with Gasteiger partial charge in [0, 0.05) is 11.1 Å². The molecular formula is C14H11F3N4O3. The monoisotopic (exact) mass is 340 g/mol. The molecular weight excluding hydrogens is 329 g/mol. The number of nitrogens with zero attached hydrogens (tertiary/aromatic N) is 4. The first-order valence-electron chi connectivity index (χ1n) is 6.78. The topological polar surface area (TPSA) is 80.8 Å². The van der Waals surface area contributed by atoms with Crippen LogP contribution in [0.15, 0.2) is 33.9 Å². The summed E-state index contributed by atoms with van der Waals surface area (Å²) < 4.78 is 41.5. The molecule has 1 amide bonds. The van der Waals surface area contributed by atoms with Gasteiger partial charge in [0.15, 0.2) is 0 Å². The van der Waals surface area contributed by atoms with Crippen LogP contribution in [0.3, 0.4) is 0 Å². The Labute approximate surface area is 133 Å². The van der Waals surface area contributed by atoms with Crippen LogP contribution in [0, 0.1) is 0 Å². The molecule has 2 heterocycles. The molecule has 3 rings (SSSR count). The number of likely N-dealkylation sites (tertiary alicyclic amines) is 1. The van der Waals surface area contributed by atoms with Crippen molar-refractivity contribution in [3.05, 3.63) is 35.7 Å². The third kappa shape index (κ3) is 3.07. The van der Waals surface area contributed by atoms with Crippen LogP contribution in [0.1, 0.15) is 16.2 Å². The lowest BCUT2D eigenvalue weighted by Crippen LogP contribution is -2.50. The van der Waals surface area contributed by atoms with Gasteiger partial charge in [-0.3, -0.25) is 4.79 Å². The first-order valence-corrected chi connectivity index (χ1v) is 6.78. The molecule has 24 heavy (non-hydrogen) atoms. The van der Waals surface area contributed by atoms with Crippen LogP contribution in [-0.4, -0.2) is 46.9 Å². The molecule has 0 bridgehead atoms. The van der Waals surface area contributed by atoms with Gasteiger partial charge in [-0.1, -0.05) is 22.4 Å². The second-order valence-corrected chi connectivity index (χ2v) is 5.00. The summed E-state index contributed by atoms with van der Waals surface area (Å²) in [5, 5.41) is 7.03. The van der Waals surface area contributed by atoms with Gasteiger partial charge in [0.05, 0.1) is 18.8 Å². The highest BCUT2D eigenvalue weighted by molar-refractivity contribution is 6.05. The molecule has 1 fully saturated rings. The van der Waals surface area contributed by atoms with Gasteiger partial charge in [0.25, 0.3) is 5.91 Å². The highest BCUT2D eigenvalue weighted by atomic mass is 19.4. The fourth-order valence-electron chi connectivity index (χ4n) is 2.13. The van der Waals surface area contributed by atoms with Crippen molar-refractivity contribution in [3.8, 4) is 11.4 Å². The molecule has 0 spiro atoms. The molecule has 0 aliphatic carbocycles. The molecule has 126 valence electrons. The van der Waals surface area contributed by atoms with Gasteiger partial charge in [-0.2, -0.15) is 18.2 Å². The molecule has 0 radical (unpaired) electrons. The third-order valence-corrected chi connectivity index (χ3v) is 3.31. The number of carbonyl (C=O) groups excluding carboxylic acids is 1. The highest BCUT2D eigenvalue weighted by Gasteiger charge is 2.38. The average Bonchev–Trinajstić information content (AvgIpc) is 3.00. The van der Waals surface area contributed by atoms with Crippen molar-refractivity contribution in [2.24, 2.45) is 5.16 Å². The summed E-state index contributed by atoms with van der Waals surface area (Å²) in [6.07, 6.45) is -4.69. The summed E-state index contributed by atoms with van der Waals surface area (Å²) in [5.74, 6) is -1.82. The summed E-state index contributed by atoms with van der Waals surface area (Å²) >= 11 is 0. The van der Waals surface area contributed by atoms with E-state index in [1.54, 1.807) is 4.90 Å². The number of benzene rings is 1. The van der Waals surface area contributed by atoms with Crippen molar-refractivity contribution < 1.29 is 27.3 Å². The zero-order chi connectivity index (χ0) is 17.3. The summed E-state index contributed by atoms with van der Waals surface area (Å²) in [4.78, 5) is 21.7. The van der Waals surface area contributed by atoms with Gasteiger partial charge in [-0.05, 0) is 12.1 Å². The Hall–Kier alpha value is -2.91. The van der Waals surface area contributed by atoms with Crippen molar-refractivity contribution in [2.75, 3.05) is 20.2 Å². The molecule has 1 aliphatic heterocycles. The van der Waals surface area contributed by atoms with Crippen molar-refractivity contribution >= 4 is 11.6 Å². The SMILES string of the molecule is CON=C1CN(C(=O)c2ccc(-c3noc(C(F)(F)F)n3)cc2)C1. The lowest BCUT2D eigenvalue weighted by atomic mass is 10.1. The van der Waals surface area contributed by atoms with E-state index in [9.17, 15) is 18.0 Å². The number of alkyl halides is 3. The van der Waals surface area contributed by atoms with E-state index in [2.05, 4.69) is 24.7 Å². The number of hydrogen-bond acceptors (Lipinski definition) is 6. The van der Waals surface area contributed by atoms with Crippen LogP contribution in [-0.2, 0) is 11.0 Å². The normalized spacial score (nSPS) is 14.3. The highest BCUT2D eigenvalue weighted by Crippen LogP contribution is 2.29. The van der Waals surface area contributed by atoms with Crippen LogP contribution >= 0.6 is 0 Å². The van der Waals surface area contributed by atoms with Crippen molar-refractivity contribution in [3.63, 3.8) is 0 Å². The van der Waals surface area contributed by atoms with E-state index in [1.807, 2.05) is 0 Å². The largest absolute Gasteiger partial charge is 0.471 e. The Morgan fingerprint density at radius 3 is 2.50 bits per heavy atom. The average molecular weight is 340 g/mol. The number of hydrogen-bond donors (Lipinski definition) is 0. The quantitative estimate of drug-likeness (QED) is 0.800. The third-order valence-electron chi connectivity index (χ3n) is 3.31. The number of rotatable bonds is 3. The van der Waals surface area contributed by atoms with Crippen LogP contribution < -0.4 is 0 Å². The van der Waals surface area contributed by atoms with Gasteiger partial charge < -0.3 is 14.3 Å². The summed E-state index contributed by atoms with van der Waals surface area (Å²) in [7, 11) is 1.43. The van der Waals surface area contributed by atoms with Gasteiger partial charge >= 0.3 is 12.1 Å². The molecule has 7 nitrogen and oxygen atoms in total. The van der Waals surface area contributed by atoms with E-state index >= 15 is 0 Å². The fourth-order valence-corrected chi connectivity index (χ4v) is 2.13. The lowest BCUT2D eigenvalue weighted by molar-refractivity contribution is -0.159. The Kier molecular flexibility index (Phi) is 3.96. The van der Waals surface area contributed by atoms with E-state index in [0.29, 0.717) is 24.2 Å². The Balaban J connectivity index is 1.71. The number of halogens is 3. The minimum absolute atomic E-state index is 0.195. The van der Waals surface area contributed by atoms with Crippen molar-refractivity contribution in [1.82, 2.24) is 15.0 Å². The van der Waals surface area contributed by atoms with E-state index < -0.39 is 12.1 Å².